The Kier molecular flexibility index (Phi) is 4.52. The van der Waals surface area contributed by atoms with Gasteiger partial charge in [-0.15, -0.1) is 0 Å². The Hall–Kier alpha value is -1.70. The molecule has 0 atom stereocenters. The van der Waals surface area contributed by atoms with Crippen LogP contribution in [0.5, 0.6) is 0 Å². The van der Waals surface area contributed by atoms with Gasteiger partial charge in [-0.25, -0.2) is 0 Å². The monoisotopic (exact) mass is 340 g/mol. The fourth-order valence-corrected chi connectivity index (χ4v) is 3.14. The minimum Gasteiger partial charge on any atom is -0.350 e. The van der Waals surface area contributed by atoms with Gasteiger partial charge >= 0.3 is 0 Å². The Morgan fingerprint density at radius 3 is 2.52 bits per heavy atom. The average Bonchev–Trinajstić information content (AvgIpc) is 2.55. The maximum absolute atomic E-state index is 12.6. The van der Waals surface area contributed by atoms with E-state index in [2.05, 4.69) is 0 Å². The van der Waals surface area contributed by atoms with Crippen molar-refractivity contribution >= 4 is 23.2 Å². The van der Waals surface area contributed by atoms with Crippen LogP contribution in [0.15, 0.2) is 18.2 Å². The molecule has 7 nitrogen and oxygen atoms in total. The summed E-state index contributed by atoms with van der Waals surface area (Å²) >= 11 is 5.89. The van der Waals surface area contributed by atoms with Crippen molar-refractivity contribution in [1.82, 2.24) is 4.90 Å². The first-order chi connectivity index (χ1) is 11.0. The highest BCUT2D eigenvalue weighted by atomic mass is 35.5. The minimum absolute atomic E-state index is 0.0175. The number of likely N-dealkylation sites (tertiary alicyclic amines) is 1. The van der Waals surface area contributed by atoms with Crippen LogP contribution in [0, 0.1) is 10.1 Å². The summed E-state index contributed by atoms with van der Waals surface area (Å²) in [4.78, 5) is 24.8. The molecule has 23 heavy (non-hydrogen) atoms. The van der Waals surface area contributed by atoms with E-state index in [1.807, 2.05) is 0 Å². The molecule has 0 aliphatic carbocycles. The summed E-state index contributed by atoms with van der Waals surface area (Å²) in [5, 5.41) is 11.4. The number of carbonyl (C=O) groups is 1. The number of carbonyl (C=O) groups excluding carboxylic acids is 1. The number of ether oxygens (including phenoxy) is 2. The molecular formula is C15H17ClN2O5. The highest BCUT2D eigenvalue weighted by molar-refractivity contribution is 6.31. The predicted octanol–water partition coefficient (Wildman–Crippen LogP) is 2.62. The highest BCUT2D eigenvalue weighted by Gasteiger charge is 2.40. The first kappa shape index (κ1) is 16.2. The zero-order chi connectivity index (χ0) is 16.4. The van der Waals surface area contributed by atoms with Gasteiger partial charge in [0.1, 0.15) is 5.56 Å². The summed E-state index contributed by atoms with van der Waals surface area (Å²) in [6.07, 6.45) is 2.00. The van der Waals surface area contributed by atoms with Crippen molar-refractivity contribution < 1.29 is 19.2 Å². The van der Waals surface area contributed by atoms with Crippen LogP contribution in [0.25, 0.3) is 0 Å². The van der Waals surface area contributed by atoms with Crippen molar-refractivity contribution in [3.8, 4) is 0 Å². The Morgan fingerprint density at radius 2 is 1.91 bits per heavy atom. The quantitative estimate of drug-likeness (QED) is 0.610. The van der Waals surface area contributed by atoms with Crippen molar-refractivity contribution in [2.45, 2.75) is 25.0 Å². The molecule has 1 spiro atoms. The van der Waals surface area contributed by atoms with Gasteiger partial charge in [0.15, 0.2) is 5.79 Å². The van der Waals surface area contributed by atoms with E-state index >= 15 is 0 Å². The molecule has 8 heteroatoms. The van der Waals surface area contributed by atoms with Crippen molar-refractivity contribution in [2.24, 2.45) is 0 Å². The van der Waals surface area contributed by atoms with Crippen molar-refractivity contribution in [1.29, 1.82) is 0 Å². The second-order valence-electron chi connectivity index (χ2n) is 5.67. The number of nitro benzene ring substituents is 1. The molecule has 0 saturated carbocycles. The lowest BCUT2D eigenvalue weighted by molar-refractivity contribution is -0.385. The number of benzene rings is 1. The molecule has 2 aliphatic heterocycles. The van der Waals surface area contributed by atoms with Gasteiger partial charge in [-0.1, -0.05) is 11.6 Å². The largest absolute Gasteiger partial charge is 0.350 e. The van der Waals surface area contributed by atoms with E-state index in [4.69, 9.17) is 21.1 Å². The van der Waals surface area contributed by atoms with Crippen LogP contribution < -0.4 is 0 Å². The molecule has 0 aromatic heterocycles. The summed E-state index contributed by atoms with van der Waals surface area (Å²) in [5.41, 5.74) is -0.214. The molecular weight excluding hydrogens is 324 g/mol. The number of amides is 1. The normalized spacial score (nSPS) is 20.5. The number of rotatable bonds is 2. The summed E-state index contributed by atoms with van der Waals surface area (Å²) < 4.78 is 11.5. The van der Waals surface area contributed by atoms with Crippen LogP contribution >= 0.6 is 11.6 Å². The van der Waals surface area contributed by atoms with E-state index in [9.17, 15) is 14.9 Å². The second kappa shape index (κ2) is 6.43. The van der Waals surface area contributed by atoms with Gasteiger partial charge in [0.2, 0.25) is 0 Å². The van der Waals surface area contributed by atoms with Crippen LogP contribution in [0.2, 0.25) is 5.02 Å². The first-order valence-corrected chi connectivity index (χ1v) is 7.90. The molecule has 124 valence electrons. The predicted molar refractivity (Wildman–Crippen MR) is 82.5 cm³/mol. The SMILES string of the molecule is O=C(c1cc(Cl)ccc1[N+](=O)[O-])N1CCC2(CC1)OCCCO2. The maximum Gasteiger partial charge on any atom is 0.282 e. The summed E-state index contributed by atoms with van der Waals surface area (Å²) in [7, 11) is 0. The molecule has 1 aromatic carbocycles. The molecule has 2 fully saturated rings. The molecule has 1 aromatic rings. The van der Waals surface area contributed by atoms with E-state index < -0.39 is 10.7 Å². The van der Waals surface area contributed by atoms with Gasteiger partial charge in [0.05, 0.1) is 18.1 Å². The average molecular weight is 341 g/mol. The number of hydrogen-bond acceptors (Lipinski definition) is 5. The maximum atomic E-state index is 12.6. The van der Waals surface area contributed by atoms with E-state index in [0.717, 1.165) is 6.42 Å². The summed E-state index contributed by atoms with van der Waals surface area (Å²) in [6, 6.07) is 4.01. The molecule has 3 rings (SSSR count). The highest BCUT2D eigenvalue weighted by Crippen LogP contribution is 2.32. The van der Waals surface area contributed by atoms with Gasteiger partial charge in [-0.05, 0) is 18.6 Å². The zero-order valence-corrected chi connectivity index (χ0v) is 13.3. The molecule has 2 aliphatic rings. The molecule has 2 saturated heterocycles. The molecule has 0 unspecified atom stereocenters. The van der Waals surface area contributed by atoms with Gasteiger partial charge in [-0.2, -0.15) is 0 Å². The second-order valence-corrected chi connectivity index (χ2v) is 6.11. The van der Waals surface area contributed by atoms with Crippen molar-refractivity contribution in [3.05, 3.63) is 38.9 Å². The third kappa shape index (κ3) is 3.31. The Morgan fingerprint density at radius 1 is 1.26 bits per heavy atom. The molecule has 0 N–H and O–H groups in total. The standard InChI is InChI=1S/C15H17ClN2O5/c16-11-2-3-13(18(20)21)12(10-11)14(19)17-6-4-15(5-7-17)22-8-1-9-23-15/h2-3,10H,1,4-9H2. The zero-order valence-electron chi connectivity index (χ0n) is 12.5. The van der Waals surface area contributed by atoms with Gasteiger partial charge in [0.25, 0.3) is 11.6 Å². The van der Waals surface area contributed by atoms with E-state index in [-0.39, 0.29) is 17.2 Å². The fourth-order valence-electron chi connectivity index (χ4n) is 2.97. The Bertz CT molecular complexity index is 620. The third-order valence-corrected chi connectivity index (χ3v) is 4.45. The molecule has 2 heterocycles. The minimum atomic E-state index is -0.602. The Labute approximate surface area is 138 Å². The summed E-state index contributed by atoms with van der Waals surface area (Å²) in [5.74, 6) is -0.986. The molecule has 0 bridgehead atoms. The lowest BCUT2D eigenvalue weighted by Gasteiger charge is -2.43. The number of hydrogen-bond donors (Lipinski definition) is 0. The van der Waals surface area contributed by atoms with Crippen LogP contribution in [0.3, 0.4) is 0 Å². The Balaban J connectivity index is 1.75. The van der Waals surface area contributed by atoms with Crippen LogP contribution in [0.4, 0.5) is 5.69 Å². The number of nitrogens with zero attached hydrogens (tertiary/aromatic N) is 2. The van der Waals surface area contributed by atoms with E-state index in [0.29, 0.717) is 44.2 Å². The van der Waals surface area contributed by atoms with Gasteiger partial charge in [0, 0.05) is 37.0 Å². The van der Waals surface area contributed by atoms with Crippen LogP contribution in [-0.4, -0.2) is 47.8 Å². The smallest absolute Gasteiger partial charge is 0.282 e. The number of nitro groups is 1. The topological polar surface area (TPSA) is 81.9 Å². The van der Waals surface area contributed by atoms with Crippen molar-refractivity contribution in [3.63, 3.8) is 0 Å². The molecule has 0 radical (unpaired) electrons. The van der Waals surface area contributed by atoms with Crippen molar-refractivity contribution in [2.75, 3.05) is 26.3 Å². The first-order valence-electron chi connectivity index (χ1n) is 7.52. The summed E-state index contributed by atoms with van der Waals surface area (Å²) in [6.45, 7) is 2.19. The van der Waals surface area contributed by atoms with Gasteiger partial charge < -0.3 is 14.4 Å². The van der Waals surface area contributed by atoms with E-state index in [1.165, 1.54) is 18.2 Å². The fraction of sp³-hybridized carbons (Fsp3) is 0.533. The third-order valence-electron chi connectivity index (χ3n) is 4.22. The number of piperidine rings is 1. The lowest BCUT2D eigenvalue weighted by Crippen LogP contribution is -2.51. The van der Waals surface area contributed by atoms with Gasteiger partial charge in [-0.3, -0.25) is 14.9 Å². The van der Waals surface area contributed by atoms with Crippen LogP contribution in [-0.2, 0) is 9.47 Å². The molecule has 1 amide bonds. The van der Waals surface area contributed by atoms with E-state index in [1.54, 1.807) is 4.90 Å². The van der Waals surface area contributed by atoms with Crippen LogP contribution in [0.1, 0.15) is 29.6 Å². The number of halogens is 1. The lowest BCUT2D eigenvalue weighted by atomic mass is 10.0.